The smallest absolute Gasteiger partial charge is 0.254 e. The van der Waals surface area contributed by atoms with E-state index in [1.54, 1.807) is 10.9 Å². The maximum atomic E-state index is 12.1. The molecular formula is C15H18ClN3O. The highest BCUT2D eigenvalue weighted by atomic mass is 35.5. The van der Waals surface area contributed by atoms with Crippen LogP contribution in [0.4, 0.5) is 0 Å². The van der Waals surface area contributed by atoms with Crippen LogP contribution in [-0.4, -0.2) is 22.2 Å². The zero-order chi connectivity index (χ0) is 14.5. The molecule has 0 bridgehead atoms. The van der Waals surface area contributed by atoms with E-state index in [-0.39, 0.29) is 5.91 Å². The number of amides is 1. The van der Waals surface area contributed by atoms with Crippen LogP contribution in [0.5, 0.6) is 0 Å². The number of benzene rings is 1. The lowest BCUT2D eigenvalue weighted by Gasteiger charge is -2.08. The molecule has 20 heavy (non-hydrogen) atoms. The molecule has 1 amide bonds. The molecular weight excluding hydrogens is 274 g/mol. The Morgan fingerprint density at radius 3 is 2.85 bits per heavy atom. The van der Waals surface area contributed by atoms with E-state index in [1.807, 2.05) is 38.1 Å². The van der Waals surface area contributed by atoms with Crippen molar-refractivity contribution >= 4 is 17.5 Å². The number of carbonyl (C=O) groups excluding carboxylic acids is 1. The van der Waals surface area contributed by atoms with Crippen molar-refractivity contribution in [3.05, 3.63) is 46.7 Å². The Morgan fingerprint density at radius 2 is 2.20 bits per heavy atom. The minimum Gasteiger partial charge on any atom is -0.352 e. The van der Waals surface area contributed by atoms with Crippen molar-refractivity contribution in [1.82, 2.24) is 15.1 Å². The van der Waals surface area contributed by atoms with Gasteiger partial charge in [0.05, 0.1) is 23.1 Å². The third-order valence-electron chi connectivity index (χ3n) is 3.04. The third kappa shape index (κ3) is 3.02. The minimum absolute atomic E-state index is 0.0722. The summed E-state index contributed by atoms with van der Waals surface area (Å²) in [5, 5.41) is 7.86. The number of hydrogen-bond acceptors (Lipinski definition) is 2. The number of carbonyl (C=O) groups is 1. The van der Waals surface area contributed by atoms with E-state index in [0.29, 0.717) is 17.1 Å². The van der Waals surface area contributed by atoms with E-state index >= 15 is 0 Å². The van der Waals surface area contributed by atoms with E-state index in [4.69, 9.17) is 11.6 Å². The summed E-state index contributed by atoms with van der Waals surface area (Å²) in [6.45, 7) is 4.70. The highest BCUT2D eigenvalue weighted by Gasteiger charge is 2.16. The predicted octanol–water partition coefficient (Wildman–Crippen LogP) is 3.23. The molecule has 0 unspecified atom stereocenters. The van der Waals surface area contributed by atoms with Crippen LogP contribution < -0.4 is 5.32 Å². The van der Waals surface area contributed by atoms with Crippen molar-refractivity contribution in [2.24, 2.45) is 0 Å². The average Bonchev–Trinajstić information content (AvgIpc) is 2.88. The molecule has 2 rings (SSSR count). The second-order valence-corrected chi connectivity index (χ2v) is 4.94. The molecule has 0 saturated carbocycles. The standard InChI is InChI=1S/C15H18ClN3O/c1-3-8-17-15(20)13-10-18-19(14(13)4-2)12-7-5-6-11(16)9-12/h5-7,9-10H,3-4,8H2,1-2H3,(H,17,20). The van der Waals surface area contributed by atoms with Crippen LogP contribution in [0.25, 0.3) is 5.69 Å². The van der Waals surface area contributed by atoms with Crippen LogP contribution >= 0.6 is 11.6 Å². The Morgan fingerprint density at radius 1 is 1.40 bits per heavy atom. The summed E-state index contributed by atoms with van der Waals surface area (Å²) in [5.74, 6) is -0.0722. The van der Waals surface area contributed by atoms with Gasteiger partial charge >= 0.3 is 0 Å². The number of hydrogen-bond donors (Lipinski definition) is 1. The maximum Gasteiger partial charge on any atom is 0.254 e. The van der Waals surface area contributed by atoms with Gasteiger partial charge in [-0.2, -0.15) is 5.10 Å². The molecule has 0 aliphatic rings. The first-order chi connectivity index (χ1) is 9.67. The van der Waals surface area contributed by atoms with Crippen LogP contribution in [0.3, 0.4) is 0 Å². The van der Waals surface area contributed by atoms with E-state index in [0.717, 1.165) is 24.2 Å². The zero-order valence-corrected chi connectivity index (χ0v) is 12.4. The van der Waals surface area contributed by atoms with E-state index in [1.165, 1.54) is 0 Å². The number of rotatable bonds is 5. The number of aromatic nitrogens is 2. The summed E-state index contributed by atoms with van der Waals surface area (Å²) in [4.78, 5) is 12.1. The molecule has 2 aromatic rings. The Bertz CT molecular complexity index is 607. The number of nitrogens with zero attached hydrogens (tertiary/aromatic N) is 2. The Kier molecular flexibility index (Phi) is 4.79. The predicted molar refractivity (Wildman–Crippen MR) is 80.6 cm³/mol. The summed E-state index contributed by atoms with van der Waals surface area (Å²) in [5.41, 5.74) is 2.38. The first kappa shape index (κ1) is 14.6. The van der Waals surface area contributed by atoms with Crippen molar-refractivity contribution in [2.45, 2.75) is 26.7 Å². The summed E-state index contributed by atoms with van der Waals surface area (Å²) >= 11 is 6.01. The van der Waals surface area contributed by atoms with Gasteiger partial charge in [0.2, 0.25) is 0 Å². The Labute approximate surface area is 123 Å². The van der Waals surface area contributed by atoms with E-state index in [9.17, 15) is 4.79 Å². The summed E-state index contributed by atoms with van der Waals surface area (Å²) in [6.07, 6.45) is 3.25. The SMILES string of the molecule is CCCNC(=O)c1cnn(-c2cccc(Cl)c2)c1CC. The fraction of sp³-hybridized carbons (Fsp3) is 0.333. The number of nitrogens with one attached hydrogen (secondary N) is 1. The van der Waals surface area contributed by atoms with Gasteiger partial charge in [-0.25, -0.2) is 4.68 Å². The molecule has 1 heterocycles. The average molecular weight is 292 g/mol. The normalized spacial score (nSPS) is 10.6. The van der Waals surface area contributed by atoms with Crippen LogP contribution in [0.2, 0.25) is 5.02 Å². The van der Waals surface area contributed by atoms with Gasteiger partial charge in [-0.15, -0.1) is 0 Å². The monoisotopic (exact) mass is 291 g/mol. The lowest BCUT2D eigenvalue weighted by Crippen LogP contribution is -2.24. The molecule has 0 fully saturated rings. The topological polar surface area (TPSA) is 46.9 Å². The van der Waals surface area contributed by atoms with E-state index in [2.05, 4.69) is 10.4 Å². The molecule has 5 heteroatoms. The maximum absolute atomic E-state index is 12.1. The van der Waals surface area contributed by atoms with Gasteiger partial charge in [0.25, 0.3) is 5.91 Å². The molecule has 0 aliphatic heterocycles. The lowest BCUT2D eigenvalue weighted by atomic mass is 10.2. The molecule has 1 aromatic carbocycles. The second kappa shape index (κ2) is 6.57. The van der Waals surface area contributed by atoms with Crippen LogP contribution in [0.15, 0.2) is 30.5 Å². The van der Waals surface area contributed by atoms with Crippen molar-refractivity contribution in [3.8, 4) is 5.69 Å². The zero-order valence-electron chi connectivity index (χ0n) is 11.7. The van der Waals surface area contributed by atoms with Crippen LogP contribution in [0, 0.1) is 0 Å². The van der Waals surface area contributed by atoms with Crippen molar-refractivity contribution in [3.63, 3.8) is 0 Å². The van der Waals surface area contributed by atoms with Gasteiger partial charge in [0, 0.05) is 11.6 Å². The van der Waals surface area contributed by atoms with Crippen molar-refractivity contribution in [1.29, 1.82) is 0 Å². The highest BCUT2D eigenvalue weighted by Crippen LogP contribution is 2.19. The van der Waals surface area contributed by atoms with Gasteiger partial charge in [-0.1, -0.05) is 31.5 Å². The fourth-order valence-electron chi connectivity index (χ4n) is 2.07. The molecule has 0 atom stereocenters. The first-order valence-corrected chi connectivity index (χ1v) is 7.16. The van der Waals surface area contributed by atoms with Crippen LogP contribution in [-0.2, 0) is 6.42 Å². The largest absolute Gasteiger partial charge is 0.352 e. The van der Waals surface area contributed by atoms with Crippen molar-refractivity contribution < 1.29 is 4.79 Å². The second-order valence-electron chi connectivity index (χ2n) is 4.51. The summed E-state index contributed by atoms with van der Waals surface area (Å²) in [7, 11) is 0. The Hall–Kier alpha value is -1.81. The molecule has 0 spiro atoms. The molecule has 1 aromatic heterocycles. The van der Waals surface area contributed by atoms with Gasteiger partial charge < -0.3 is 5.32 Å². The van der Waals surface area contributed by atoms with Gasteiger partial charge in [0.15, 0.2) is 0 Å². The molecule has 1 N–H and O–H groups in total. The first-order valence-electron chi connectivity index (χ1n) is 6.78. The summed E-state index contributed by atoms with van der Waals surface area (Å²) < 4.78 is 1.77. The Balaban J connectivity index is 2.37. The van der Waals surface area contributed by atoms with E-state index < -0.39 is 0 Å². The molecule has 0 radical (unpaired) electrons. The van der Waals surface area contributed by atoms with Crippen LogP contribution in [0.1, 0.15) is 36.3 Å². The van der Waals surface area contributed by atoms with Crippen molar-refractivity contribution in [2.75, 3.05) is 6.54 Å². The third-order valence-corrected chi connectivity index (χ3v) is 3.27. The minimum atomic E-state index is -0.0722. The van der Waals surface area contributed by atoms with Gasteiger partial charge in [-0.3, -0.25) is 4.79 Å². The quantitative estimate of drug-likeness (QED) is 0.919. The lowest BCUT2D eigenvalue weighted by molar-refractivity contribution is 0.0952. The summed E-state index contributed by atoms with van der Waals surface area (Å²) in [6, 6.07) is 7.44. The molecule has 4 nitrogen and oxygen atoms in total. The highest BCUT2D eigenvalue weighted by molar-refractivity contribution is 6.30. The molecule has 0 saturated heterocycles. The van der Waals surface area contributed by atoms with Gasteiger partial charge in [0.1, 0.15) is 0 Å². The molecule has 0 aliphatic carbocycles. The molecule has 106 valence electrons. The van der Waals surface area contributed by atoms with Gasteiger partial charge in [-0.05, 0) is 31.0 Å². The fourth-order valence-corrected chi connectivity index (χ4v) is 2.25. The number of halogens is 1.